The van der Waals surface area contributed by atoms with Crippen LogP contribution < -0.4 is 10.6 Å². The Bertz CT molecular complexity index is 419. The Hall–Kier alpha value is -1.75. The van der Waals surface area contributed by atoms with E-state index in [1.807, 2.05) is 25.1 Å². The van der Waals surface area contributed by atoms with Crippen LogP contribution >= 0.6 is 0 Å². The van der Waals surface area contributed by atoms with Crippen molar-refractivity contribution in [2.75, 3.05) is 45.1 Å². The SMILES string of the molecule is COCCCCOC(=O)c1cc(N)ccc1N(C)C. The number of nitrogen functional groups attached to an aromatic ring is 1. The number of carbonyl (C=O) groups is 1. The molecule has 2 N–H and O–H groups in total. The Balaban J connectivity index is 2.63. The van der Waals surface area contributed by atoms with Crippen LogP contribution in [-0.2, 0) is 9.47 Å². The first-order valence-electron chi connectivity index (χ1n) is 6.29. The van der Waals surface area contributed by atoms with Crippen molar-refractivity contribution in [3.05, 3.63) is 23.8 Å². The third-order valence-corrected chi connectivity index (χ3v) is 2.70. The smallest absolute Gasteiger partial charge is 0.340 e. The van der Waals surface area contributed by atoms with E-state index in [1.54, 1.807) is 19.2 Å². The van der Waals surface area contributed by atoms with Crippen LogP contribution in [0.2, 0.25) is 0 Å². The molecule has 0 spiro atoms. The zero-order valence-corrected chi connectivity index (χ0v) is 11.8. The summed E-state index contributed by atoms with van der Waals surface area (Å²) in [5, 5.41) is 0. The van der Waals surface area contributed by atoms with E-state index in [9.17, 15) is 4.79 Å². The molecule has 0 saturated heterocycles. The van der Waals surface area contributed by atoms with Gasteiger partial charge in [0, 0.05) is 33.5 Å². The van der Waals surface area contributed by atoms with Gasteiger partial charge in [0.25, 0.3) is 0 Å². The minimum absolute atomic E-state index is 0.339. The molecule has 0 aliphatic rings. The van der Waals surface area contributed by atoms with Gasteiger partial charge in [0.2, 0.25) is 0 Å². The van der Waals surface area contributed by atoms with Crippen molar-refractivity contribution >= 4 is 17.3 Å². The van der Waals surface area contributed by atoms with Gasteiger partial charge in [0.15, 0.2) is 0 Å². The molecule has 1 aromatic rings. The largest absolute Gasteiger partial charge is 0.462 e. The van der Waals surface area contributed by atoms with Crippen LogP contribution in [0.5, 0.6) is 0 Å². The van der Waals surface area contributed by atoms with Crippen molar-refractivity contribution in [1.29, 1.82) is 0 Å². The molecule has 1 rings (SSSR count). The monoisotopic (exact) mass is 266 g/mol. The van der Waals surface area contributed by atoms with Crippen molar-refractivity contribution in [2.45, 2.75) is 12.8 Å². The lowest BCUT2D eigenvalue weighted by Gasteiger charge is -2.17. The number of carbonyl (C=O) groups excluding carboxylic acids is 1. The van der Waals surface area contributed by atoms with E-state index in [-0.39, 0.29) is 5.97 Å². The van der Waals surface area contributed by atoms with Crippen molar-refractivity contribution in [1.82, 2.24) is 0 Å². The summed E-state index contributed by atoms with van der Waals surface area (Å²) in [6.45, 7) is 1.07. The average molecular weight is 266 g/mol. The number of unbranched alkanes of at least 4 members (excludes halogenated alkanes) is 1. The molecule has 0 aliphatic heterocycles. The van der Waals surface area contributed by atoms with Crippen LogP contribution in [0.3, 0.4) is 0 Å². The maximum absolute atomic E-state index is 12.0. The minimum Gasteiger partial charge on any atom is -0.462 e. The number of esters is 1. The standard InChI is InChI=1S/C14H22N2O3/c1-16(2)13-7-6-11(15)10-12(13)14(17)19-9-5-4-8-18-3/h6-7,10H,4-5,8-9,15H2,1-3H3. The zero-order chi connectivity index (χ0) is 14.3. The van der Waals surface area contributed by atoms with Crippen LogP contribution in [0.15, 0.2) is 18.2 Å². The average Bonchev–Trinajstić information content (AvgIpc) is 2.37. The molecule has 0 atom stereocenters. The summed E-state index contributed by atoms with van der Waals surface area (Å²) >= 11 is 0. The second-order valence-corrected chi connectivity index (χ2v) is 4.51. The number of rotatable bonds is 7. The van der Waals surface area contributed by atoms with Gasteiger partial charge in [0.1, 0.15) is 0 Å². The van der Waals surface area contributed by atoms with Crippen LogP contribution in [0.4, 0.5) is 11.4 Å². The molecule has 5 nitrogen and oxygen atoms in total. The number of nitrogens with zero attached hydrogens (tertiary/aromatic N) is 1. The molecule has 106 valence electrons. The Morgan fingerprint density at radius 3 is 2.58 bits per heavy atom. The molecule has 0 heterocycles. The maximum atomic E-state index is 12.0. The minimum atomic E-state index is -0.339. The first-order chi connectivity index (χ1) is 9.06. The van der Waals surface area contributed by atoms with Gasteiger partial charge in [-0.25, -0.2) is 4.79 Å². The van der Waals surface area contributed by atoms with Gasteiger partial charge < -0.3 is 20.1 Å². The molecule has 0 aromatic heterocycles. The number of hydrogen-bond donors (Lipinski definition) is 1. The van der Waals surface area contributed by atoms with Crippen molar-refractivity contribution in [3.8, 4) is 0 Å². The normalized spacial score (nSPS) is 10.3. The number of nitrogens with two attached hydrogens (primary N) is 1. The third-order valence-electron chi connectivity index (χ3n) is 2.70. The Kier molecular flexibility index (Phi) is 6.15. The Labute approximate surface area is 114 Å². The lowest BCUT2D eigenvalue weighted by atomic mass is 10.1. The summed E-state index contributed by atoms with van der Waals surface area (Å²) < 4.78 is 10.2. The number of anilines is 2. The molecular weight excluding hydrogens is 244 g/mol. The topological polar surface area (TPSA) is 64.8 Å². The van der Waals surface area contributed by atoms with Crippen LogP contribution in [-0.4, -0.2) is 40.4 Å². The fraction of sp³-hybridized carbons (Fsp3) is 0.500. The van der Waals surface area contributed by atoms with Crippen molar-refractivity contribution in [3.63, 3.8) is 0 Å². The summed E-state index contributed by atoms with van der Waals surface area (Å²) in [5.41, 5.74) is 7.57. The van der Waals surface area contributed by atoms with Gasteiger partial charge in [-0.2, -0.15) is 0 Å². The van der Waals surface area contributed by atoms with E-state index in [0.717, 1.165) is 18.5 Å². The van der Waals surface area contributed by atoms with Gasteiger partial charge in [-0.15, -0.1) is 0 Å². The van der Waals surface area contributed by atoms with E-state index in [0.29, 0.717) is 24.5 Å². The molecular formula is C14H22N2O3. The van der Waals surface area contributed by atoms with Gasteiger partial charge >= 0.3 is 5.97 Å². The first-order valence-corrected chi connectivity index (χ1v) is 6.29. The first kappa shape index (κ1) is 15.3. The molecule has 0 fully saturated rings. The molecule has 0 bridgehead atoms. The quantitative estimate of drug-likeness (QED) is 0.464. The van der Waals surface area contributed by atoms with E-state index in [2.05, 4.69) is 0 Å². The summed E-state index contributed by atoms with van der Waals surface area (Å²) in [4.78, 5) is 13.9. The van der Waals surface area contributed by atoms with Gasteiger partial charge in [-0.3, -0.25) is 0 Å². The highest BCUT2D eigenvalue weighted by molar-refractivity contribution is 5.96. The number of methoxy groups -OCH3 is 1. The summed E-state index contributed by atoms with van der Waals surface area (Å²) in [5.74, 6) is -0.339. The molecule has 0 saturated carbocycles. The second-order valence-electron chi connectivity index (χ2n) is 4.51. The Morgan fingerprint density at radius 2 is 1.95 bits per heavy atom. The zero-order valence-electron chi connectivity index (χ0n) is 11.8. The maximum Gasteiger partial charge on any atom is 0.340 e. The van der Waals surface area contributed by atoms with Gasteiger partial charge in [-0.05, 0) is 31.0 Å². The van der Waals surface area contributed by atoms with E-state index >= 15 is 0 Å². The molecule has 5 heteroatoms. The lowest BCUT2D eigenvalue weighted by molar-refractivity contribution is 0.0490. The molecule has 19 heavy (non-hydrogen) atoms. The highest BCUT2D eigenvalue weighted by Crippen LogP contribution is 2.22. The molecule has 0 aliphatic carbocycles. The number of benzene rings is 1. The predicted octanol–water partition coefficient (Wildman–Crippen LogP) is 1.92. The molecule has 0 radical (unpaired) electrons. The summed E-state index contributed by atoms with van der Waals surface area (Å²) in [6, 6.07) is 5.23. The highest BCUT2D eigenvalue weighted by atomic mass is 16.5. The fourth-order valence-electron chi connectivity index (χ4n) is 1.70. The van der Waals surface area contributed by atoms with E-state index < -0.39 is 0 Å². The summed E-state index contributed by atoms with van der Waals surface area (Å²) in [6.07, 6.45) is 1.67. The number of ether oxygens (including phenoxy) is 2. The second kappa shape index (κ2) is 7.63. The Morgan fingerprint density at radius 1 is 1.26 bits per heavy atom. The van der Waals surface area contributed by atoms with Crippen LogP contribution in [0, 0.1) is 0 Å². The van der Waals surface area contributed by atoms with Crippen molar-refractivity contribution < 1.29 is 14.3 Å². The van der Waals surface area contributed by atoms with Crippen LogP contribution in [0.1, 0.15) is 23.2 Å². The molecule has 0 amide bonds. The molecule has 1 aromatic carbocycles. The fourth-order valence-corrected chi connectivity index (χ4v) is 1.70. The van der Waals surface area contributed by atoms with E-state index in [1.165, 1.54) is 0 Å². The lowest BCUT2D eigenvalue weighted by Crippen LogP contribution is -2.16. The van der Waals surface area contributed by atoms with Crippen LogP contribution in [0.25, 0.3) is 0 Å². The third kappa shape index (κ3) is 4.79. The predicted molar refractivity (Wildman–Crippen MR) is 76.6 cm³/mol. The van der Waals surface area contributed by atoms with Gasteiger partial charge in [0.05, 0.1) is 17.9 Å². The summed E-state index contributed by atoms with van der Waals surface area (Å²) in [7, 11) is 5.41. The van der Waals surface area contributed by atoms with E-state index in [4.69, 9.17) is 15.2 Å². The molecule has 0 unspecified atom stereocenters. The number of hydrogen-bond acceptors (Lipinski definition) is 5. The van der Waals surface area contributed by atoms with Gasteiger partial charge in [-0.1, -0.05) is 0 Å². The highest BCUT2D eigenvalue weighted by Gasteiger charge is 2.14. The van der Waals surface area contributed by atoms with Crippen molar-refractivity contribution in [2.24, 2.45) is 0 Å².